The van der Waals surface area contributed by atoms with Crippen LogP contribution in [0.25, 0.3) is 49.7 Å². The van der Waals surface area contributed by atoms with E-state index in [9.17, 15) is 10.1 Å². The molecule has 0 atom stereocenters. The topological polar surface area (TPSA) is 74.5 Å². The Morgan fingerprint density at radius 1 is 0.875 bits per heavy atom. The van der Waals surface area contributed by atoms with Crippen LogP contribution in [0.3, 0.4) is 0 Å². The van der Waals surface area contributed by atoms with Crippen molar-refractivity contribution in [2.75, 3.05) is 0 Å². The van der Waals surface area contributed by atoms with Crippen LogP contribution in [-0.4, -0.2) is 14.5 Å². The van der Waals surface area contributed by atoms with E-state index < -0.39 is 0 Å². The van der Waals surface area contributed by atoms with Crippen molar-refractivity contribution in [3.05, 3.63) is 107 Å². The Labute approximate surface area is 182 Å². The van der Waals surface area contributed by atoms with Crippen LogP contribution in [0.4, 0.5) is 0 Å². The van der Waals surface area contributed by atoms with Gasteiger partial charge in [0.15, 0.2) is 0 Å². The van der Waals surface area contributed by atoms with Crippen LogP contribution in [0.1, 0.15) is 5.56 Å². The zero-order valence-corrected chi connectivity index (χ0v) is 16.9. The van der Waals surface area contributed by atoms with E-state index in [1.165, 1.54) is 0 Å². The molecule has 32 heavy (non-hydrogen) atoms. The van der Waals surface area contributed by atoms with E-state index in [2.05, 4.69) is 16.0 Å². The maximum atomic E-state index is 14.0. The second kappa shape index (κ2) is 6.93. The van der Waals surface area contributed by atoms with Gasteiger partial charge in [-0.05, 0) is 42.0 Å². The average molecular weight is 412 g/mol. The highest BCUT2D eigenvalue weighted by atomic mass is 16.1. The number of fused-ring (bicyclic) bond motifs is 4. The standard InChI is InChI=1S/C27H16N4O/c28-16-17-10-12-18(13-11-17)24-15-22-25(20-7-1-2-8-21(20)30-22)27(32)31(24)23-9-3-5-19-6-4-14-29-26(19)23/h1-15,30H. The molecule has 0 aliphatic carbocycles. The summed E-state index contributed by atoms with van der Waals surface area (Å²) in [5.74, 6) is 0. The van der Waals surface area contributed by atoms with Gasteiger partial charge in [-0.3, -0.25) is 14.3 Å². The van der Waals surface area contributed by atoms with Crippen molar-refractivity contribution in [1.29, 1.82) is 5.26 Å². The third-order valence-corrected chi connectivity index (χ3v) is 5.84. The van der Waals surface area contributed by atoms with Crippen LogP contribution in [0, 0.1) is 11.3 Å². The molecule has 0 radical (unpaired) electrons. The first-order valence-corrected chi connectivity index (χ1v) is 10.3. The van der Waals surface area contributed by atoms with E-state index in [1.54, 1.807) is 22.9 Å². The number of pyridine rings is 2. The Balaban J connectivity index is 1.79. The van der Waals surface area contributed by atoms with Gasteiger partial charge in [-0.15, -0.1) is 0 Å². The lowest BCUT2D eigenvalue weighted by Crippen LogP contribution is -2.20. The van der Waals surface area contributed by atoms with Crippen LogP contribution in [0.2, 0.25) is 0 Å². The fourth-order valence-corrected chi connectivity index (χ4v) is 4.36. The third kappa shape index (κ3) is 2.64. The summed E-state index contributed by atoms with van der Waals surface area (Å²) in [4.78, 5) is 22.0. The van der Waals surface area contributed by atoms with Gasteiger partial charge < -0.3 is 4.98 Å². The number of nitrogens with zero attached hydrogens (tertiary/aromatic N) is 3. The van der Waals surface area contributed by atoms with Gasteiger partial charge in [0.05, 0.1) is 39.4 Å². The molecule has 3 aromatic carbocycles. The smallest absolute Gasteiger partial charge is 0.265 e. The molecule has 0 saturated carbocycles. The van der Waals surface area contributed by atoms with Gasteiger partial charge in [-0.2, -0.15) is 5.26 Å². The number of hydrogen-bond donors (Lipinski definition) is 1. The first-order valence-electron chi connectivity index (χ1n) is 10.3. The lowest BCUT2D eigenvalue weighted by molar-refractivity contribution is 1.02. The number of nitriles is 1. The van der Waals surface area contributed by atoms with Crippen molar-refractivity contribution in [2.45, 2.75) is 0 Å². The second-order valence-corrected chi connectivity index (χ2v) is 7.67. The fraction of sp³-hybridized carbons (Fsp3) is 0. The van der Waals surface area contributed by atoms with Gasteiger partial charge in [0, 0.05) is 22.5 Å². The van der Waals surface area contributed by atoms with Crippen molar-refractivity contribution in [1.82, 2.24) is 14.5 Å². The van der Waals surface area contributed by atoms with Gasteiger partial charge in [-0.25, -0.2) is 0 Å². The summed E-state index contributed by atoms with van der Waals surface area (Å²) in [6.07, 6.45) is 1.74. The monoisotopic (exact) mass is 412 g/mol. The molecule has 0 saturated heterocycles. The minimum atomic E-state index is -0.113. The highest BCUT2D eigenvalue weighted by Gasteiger charge is 2.18. The van der Waals surface area contributed by atoms with Crippen molar-refractivity contribution in [3.8, 4) is 23.0 Å². The summed E-state index contributed by atoms with van der Waals surface area (Å²) < 4.78 is 1.74. The van der Waals surface area contributed by atoms with E-state index in [0.717, 1.165) is 44.3 Å². The van der Waals surface area contributed by atoms with Crippen molar-refractivity contribution in [3.63, 3.8) is 0 Å². The van der Waals surface area contributed by atoms with Crippen LogP contribution in [0.15, 0.2) is 95.9 Å². The van der Waals surface area contributed by atoms with Crippen LogP contribution in [0.5, 0.6) is 0 Å². The minimum Gasteiger partial charge on any atom is -0.354 e. The number of nitrogens with one attached hydrogen (secondary N) is 1. The largest absolute Gasteiger partial charge is 0.354 e. The van der Waals surface area contributed by atoms with Crippen molar-refractivity contribution < 1.29 is 0 Å². The number of aromatic amines is 1. The van der Waals surface area contributed by atoms with Gasteiger partial charge in [-0.1, -0.05) is 48.5 Å². The maximum absolute atomic E-state index is 14.0. The number of aromatic nitrogens is 3. The predicted octanol–water partition coefficient (Wildman–Crippen LogP) is 5.56. The van der Waals surface area contributed by atoms with E-state index >= 15 is 0 Å². The number of rotatable bonds is 2. The third-order valence-electron chi connectivity index (χ3n) is 5.84. The molecule has 1 N–H and O–H groups in total. The first kappa shape index (κ1) is 18.1. The number of benzene rings is 3. The zero-order chi connectivity index (χ0) is 21.7. The fourth-order valence-electron chi connectivity index (χ4n) is 4.36. The molecule has 0 spiro atoms. The lowest BCUT2D eigenvalue weighted by Gasteiger charge is -2.15. The normalized spacial score (nSPS) is 11.2. The molecule has 3 heterocycles. The van der Waals surface area contributed by atoms with E-state index in [0.29, 0.717) is 10.9 Å². The van der Waals surface area contributed by atoms with E-state index in [1.807, 2.05) is 72.8 Å². The van der Waals surface area contributed by atoms with Gasteiger partial charge in [0.25, 0.3) is 5.56 Å². The maximum Gasteiger partial charge on any atom is 0.265 e. The van der Waals surface area contributed by atoms with Gasteiger partial charge >= 0.3 is 0 Å². The van der Waals surface area contributed by atoms with Gasteiger partial charge in [0.2, 0.25) is 0 Å². The molecule has 5 heteroatoms. The molecular formula is C27H16N4O. The number of para-hydroxylation sites is 2. The second-order valence-electron chi connectivity index (χ2n) is 7.67. The highest BCUT2D eigenvalue weighted by Crippen LogP contribution is 2.30. The molecule has 150 valence electrons. The molecule has 5 nitrogen and oxygen atoms in total. The summed E-state index contributed by atoms with van der Waals surface area (Å²) in [6.45, 7) is 0. The molecule has 6 rings (SSSR count). The molecule has 0 aliphatic heterocycles. The van der Waals surface area contributed by atoms with Gasteiger partial charge in [0.1, 0.15) is 0 Å². The SMILES string of the molecule is N#Cc1ccc(-c2cc3[nH]c4ccccc4c3c(=O)n2-c2cccc3cccnc23)cc1. The Kier molecular flexibility index (Phi) is 3.92. The van der Waals surface area contributed by atoms with Crippen molar-refractivity contribution >= 4 is 32.7 Å². The Bertz CT molecular complexity index is 1750. The molecule has 0 bridgehead atoms. The number of hydrogen-bond acceptors (Lipinski definition) is 3. The summed E-state index contributed by atoms with van der Waals surface area (Å²) in [6, 6.07) is 29.0. The highest BCUT2D eigenvalue weighted by molar-refractivity contribution is 6.07. The zero-order valence-electron chi connectivity index (χ0n) is 16.9. The van der Waals surface area contributed by atoms with Crippen molar-refractivity contribution in [2.24, 2.45) is 0 Å². The molecule has 3 aromatic heterocycles. The van der Waals surface area contributed by atoms with Crippen LogP contribution in [-0.2, 0) is 0 Å². The molecule has 0 aliphatic rings. The summed E-state index contributed by atoms with van der Waals surface area (Å²) in [5.41, 5.74) is 5.20. The van der Waals surface area contributed by atoms with E-state index in [4.69, 9.17) is 0 Å². The molecule has 6 aromatic rings. The average Bonchev–Trinajstić information content (AvgIpc) is 3.23. The molecule has 0 fully saturated rings. The number of H-pyrrole nitrogens is 1. The summed E-state index contributed by atoms with van der Waals surface area (Å²) >= 11 is 0. The van der Waals surface area contributed by atoms with Crippen LogP contribution >= 0.6 is 0 Å². The Hall–Kier alpha value is -4.69. The predicted molar refractivity (Wildman–Crippen MR) is 127 cm³/mol. The lowest BCUT2D eigenvalue weighted by atomic mass is 10.1. The Morgan fingerprint density at radius 3 is 2.53 bits per heavy atom. The summed E-state index contributed by atoms with van der Waals surface area (Å²) in [7, 11) is 0. The first-order chi connectivity index (χ1) is 15.7. The Morgan fingerprint density at radius 2 is 1.69 bits per heavy atom. The van der Waals surface area contributed by atoms with Crippen LogP contribution < -0.4 is 5.56 Å². The summed E-state index contributed by atoms with van der Waals surface area (Å²) in [5, 5.41) is 11.7. The molecule has 0 amide bonds. The quantitative estimate of drug-likeness (QED) is 0.405. The minimum absolute atomic E-state index is 0.113. The molecular weight excluding hydrogens is 396 g/mol. The molecule has 0 unspecified atom stereocenters. The van der Waals surface area contributed by atoms with E-state index in [-0.39, 0.29) is 5.56 Å².